The molecule has 0 fully saturated rings. The molecule has 0 aliphatic heterocycles. The molecule has 0 bridgehead atoms. The predicted molar refractivity (Wildman–Crippen MR) is 69.9 cm³/mol. The van der Waals surface area contributed by atoms with Crippen molar-refractivity contribution < 1.29 is 13.9 Å². The van der Waals surface area contributed by atoms with Crippen LogP contribution in [0, 0.1) is 5.82 Å². The molecule has 0 radical (unpaired) electrons. The van der Waals surface area contributed by atoms with E-state index in [-0.39, 0.29) is 17.7 Å². The molecular formula is C14H18FNO2. The third-order valence-corrected chi connectivity index (χ3v) is 2.60. The molecule has 0 unspecified atom stereocenters. The molecule has 1 rings (SSSR count). The summed E-state index contributed by atoms with van der Waals surface area (Å²) < 4.78 is 18.2. The standard InChI is InChI=1S/C14H18FNO2/c1-4-10(2)16-14(17)8-6-11-5-7-13(18-3)12(15)9-11/h5-10H,4H2,1-3H3,(H,16,17)/b8-6-/t10-/m1/s1. The summed E-state index contributed by atoms with van der Waals surface area (Å²) in [4.78, 5) is 11.5. The van der Waals surface area contributed by atoms with Gasteiger partial charge in [0.05, 0.1) is 7.11 Å². The summed E-state index contributed by atoms with van der Waals surface area (Å²) in [5.74, 6) is -0.432. The van der Waals surface area contributed by atoms with Crippen LogP contribution in [0.3, 0.4) is 0 Å². The smallest absolute Gasteiger partial charge is 0.244 e. The summed E-state index contributed by atoms with van der Waals surface area (Å²) in [6, 6.07) is 4.68. The zero-order chi connectivity index (χ0) is 13.5. The number of hydrogen-bond acceptors (Lipinski definition) is 2. The van der Waals surface area contributed by atoms with Gasteiger partial charge in [-0.1, -0.05) is 13.0 Å². The number of carbonyl (C=O) groups excluding carboxylic acids is 1. The highest BCUT2D eigenvalue weighted by atomic mass is 19.1. The van der Waals surface area contributed by atoms with Crippen molar-refractivity contribution >= 4 is 12.0 Å². The molecule has 0 heterocycles. The number of hydrogen-bond donors (Lipinski definition) is 1. The monoisotopic (exact) mass is 251 g/mol. The maximum absolute atomic E-state index is 13.4. The van der Waals surface area contributed by atoms with Gasteiger partial charge in [0, 0.05) is 12.1 Å². The molecule has 98 valence electrons. The molecule has 0 saturated heterocycles. The van der Waals surface area contributed by atoms with Crippen LogP contribution in [-0.2, 0) is 4.79 Å². The molecular weight excluding hydrogens is 233 g/mol. The maximum atomic E-state index is 13.4. The molecule has 1 aromatic carbocycles. The first-order valence-corrected chi connectivity index (χ1v) is 5.89. The van der Waals surface area contributed by atoms with Crippen LogP contribution in [0.1, 0.15) is 25.8 Å². The molecule has 18 heavy (non-hydrogen) atoms. The van der Waals surface area contributed by atoms with Crippen LogP contribution in [0.2, 0.25) is 0 Å². The number of rotatable bonds is 5. The van der Waals surface area contributed by atoms with Gasteiger partial charge in [0.25, 0.3) is 0 Å². The Balaban J connectivity index is 2.67. The zero-order valence-electron chi connectivity index (χ0n) is 10.9. The highest BCUT2D eigenvalue weighted by molar-refractivity contribution is 5.91. The molecule has 1 amide bonds. The molecule has 1 aromatic rings. The molecule has 1 N–H and O–H groups in total. The van der Waals surface area contributed by atoms with E-state index < -0.39 is 5.82 Å². The van der Waals surface area contributed by atoms with Crippen LogP contribution in [-0.4, -0.2) is 19.1 Å². The molecule has 4 heteroatoms. The van der Waals surface area contributed by atoms with E-state index in [1.54, 1.807) is 12.1 Å². The Morgan fingerprint density at radius 1 is 1.56 bits per heavy atom. The Hall–Kier alpha value is -1.84. The van der Waals surface area contributed by atoms with Crippen LogP contribution in [0.25, 0.3) is 6.08 Å². The fraction of sp³-hybridized carbons (Fsp3) is 0.357. The van der Waals surface area contributed by atoms with Crippen LogP contribution in [0.4, 0.5) is 4.39 Å². The second kappa shape index (κ2) is 6.79. The molecule has 0 aromatic heterocycles. The third-order valence-electron chi connectivity index (χ3n) is 2.60. The minimum absolute atomic E-state index is 0.134. The van der Waals surface area contributed by atoms with Gasteiger partial charge in [-0.3, -0.25) is 4.79 Å². The normalized spacial score (nSPS) is 12.4. The Kier molecular flexibility index (Phi) is 5.36. The Morgan fingerprint density at radius 2 is 2.28 bits per heavy atom. The number of nitrogens with one attached hydrogen (secondary N) is 1. The SMILES string of the molecule is CC[C@@H](C)NC(=O)/C=C\c1ccc(OC)c(F)c1. The first-order chi connectivity index (χ1) is 8.56. The number of ether oxygens (including phenoxy) is 1. The van der Waals surface area contributed by atoms with E-state index in [9.17, 15) is 9.18 Å². The molecule has 0 saturated carbocycles. The largest absolute Gasteiger partial charge is 0.494 e. The van der Waals surface area contributed by atoms with Crippen LogP contribution < -0.4 is 10.1 Å². The van der Waals surface area contributed by atoms with Gasteiger partial charge in [0.2, 0.25) is 5.91 Å². The molecule has 0 spiro atoms. The first kappa shape index (κ1) is 14.2. The van der Waals surface area contributed by atoms with Gasteiger partial charge >= 0.3 is 0 Å². The number of benzene rings is 1. The van der Waals surface area contributed by atoms with Crippen molar-refractivity contribution in [1.29, 1.82) is 0 Å². The van der Waals surface area contributed by atoms with E-state index >= 15 is 0 Å². The van der Waals surface area contributed by atoms with Crippen molar-refractivity contribution in [3.05, 3.63) is 35.7 Å². The maximum Gasteiger partial charge on any atom is 0.244 e. The Labute approximate surface area is 107 Å². The Bertz CT molecular complexity index is 443. The fourth-order valence-electron chi connectivity index (χ4n) is 1.35. The van der Waals surface area contributed by atoms with Gasteiger partial charge in [-0.15, -0.1) is 0 Å². The lowest BCUT2D eigenvalue weighted by atomic mass is 10.2. The third kappa shape index (κ3) is 4.20. The van der Waals surface area contributed by atoms with Crippen molar-refractivity contribution in [2.75, 3.05) is 7.11 Å². The number of amides is 1. The van der Waals surface area contributed by atoms with E-state index in [4.69, 9.17) is 4.74 Å². The number of carbonyl (C=O) groups is 1. The minimum atomic E-state index is -0.443. The first-order valence-electron chi connectivity index (χ1n) is 5.89. The van der Waals surface area contributed by atoms with Crippen molar-refractivity contribution in [2.24, 2.45) is 0 Å². The van der Waals surface area contributed by atoms with Gasteiger partial charge in [-0.05, 0) is 37.1 Å². The molecule has 0 aliphatic carbocycles. The highest BCUT2D eigenvalue weighted by Gasteiger charge is 2.03. The van der Waals surface area contributed by atoms with Crippen molar-refractivity contribution in [3.63, 3.8) is 0 Å². The summed E-state index contributed by atoms with van der Waals surface area (Å²) in [6.45, 7) is 3.92. The van der Waals surface area contributed by atoms with Gasteiger partial charge in [0.15, 0.2) is 11.6 Å². The van der Waals surface area contributed by atoms with Gasteiger partial charge in [0.1, 0.15) is 0 Å². The van der Waals surface area contributed by atoms with Gasteiger partial charge in [-0.25, -0.2) is 4.39 Å². The summed E-state index contributed by atoms with van der Waals surface area (Å²) in [6.07, 6.45) is 3.84. The average Bonchev–Trinajstić information content (AvgIpc) is 2.36. The van der Waals surface area contributed by atoms with E-state index in [1.165, 1.54) is 25.3 Å². The lowest BCUT2D eigenvalue weighted by Gasteiger charge is -2.08. The summed E-state index contributed by atoms with van der Waals surface area (Å²) in [5.41, 5.74) is 0.618. The molecule has 3 nitrogen and oxygen atoms in total. The minimum Gasteiger partial charge on any atom is -0.494 e. The van der Waals surface area contributed by atoms with Crippen molar-refractivity contribution in [1.82, 2.24) is 5.32 Å². The van der Waals surface area contributed by atoms with Crippen LogP contribution in [0.5, 0.6) is 5.75 Å². The molecule has 0 aliphatic rings. The average molecular weight is 251 g/mol. The van der Waals surface area contributed by atoms with E-state index in [0.29, 0.717) is 5.56 Å². The predicted octanol–water partition coefficient (Wildman–Crippen LogP) is 2.76. The van der Waals surface area contributed by atoms with Crippen molar-refractivity contribution in [2.45, 2.75) is 26.3 Å². The van der Waals surface area contributed by atoms with Crippen LogP contribution in [0.15, 0.2) is 24.3 Å². The van der Waals surface area contributed by atoms with E-state index in [2.05, 4.69) is 5.32 Å². The topological polar surface area (TPSA) is 38.3 Å². The van der Waals surface area contributed by atoms with E-state index in [1.807, 2.05) is 13.8 Å². The quantitative estimate of drug-likeness (QED) is 0.817. The molecule has 1 atom stereocenters. The summed E-state index contributed by atoms with van der Waals surface area (Å²) >= 11 is 0. The van der Waals surface area contributed by atoms with Gasteiger partial charge in [-0.2, -0.15) is 0 Å². The second-order valence-electron chi connectivity index (χ2n) is 4.05. The number of methoxy groups -OCH3 is 1. The van der Waals surface area contributed by atoms with Gasteiger partial charge < -0.3 is 10.1 Å². The number of halogens is 1. The van der Waals surface area contributed by atoms with Crippen LogP contribution >= 0.6 is 0 Å². The summed E-state index contributed by atoms with van der Waals surface area (Å²) in [7, 11) is 1.41. The Morgan fingerprint density at radius 3 is 2.83 bits per heavy atom. The van der Waals surface area contributed by atoms with Crippen molar-refractivity contribution in [3.8, 4) is 5.75 Å². The summed E-state index contributed by atoms with van der Waals surface area (Å²) in [5, 5.41) is 2.79. The highest BCUT2D eigenvalue weighted by Crippen LogP contribution is 2.18. The second-order valence-corrected chi connectivity index (χ2v) is 4.05. The van der Waals surface area contributed by atoms with E-state index in [0.717, 1.165) is 6.42 Å². The fourth-order valence-corrected chi connectivity index (χ4v) is 1.35. The zero-order valence-corrected chi connectivity index (χ0v) is 10.9. The lowest BCUT2D eigenvalue weighted by molar-refractivity contribution is -0.117. The lowest BCUT2D eigenvalue weighted by Crippen LogP contribution is -2.30.